The number of aromatic nitrogens is 1. The zero-order valence-electron chi connectivity index (χ0n) is 24.1. The lowest BCUT2D eigenvalue weighted by Crippen LogP contribution is -2.30. The van der Waals surface area contributed by atoms with Crippen LogP contribution in [0.4, 0.5) is 0 Å². The molecule has 1 fully saturated rings. The van der Waals surface area contributed by atoms with Crippen molar-refractivity contribution in [3.05, 3.63) is 162 Å². The molecule has 6 aromatic carbocycles. The van der Waals surface area contributed by atoms with Crippen molar-refractivity contribution >= 4 is 43.7 Å². The second kappa shape index (κ2) is 10.2. The first-order valence-corrected chi connectivity index (χ1v) is 15.1. The summed E-state index contributed by atoms with van der Waals surface area (Å²) in [5.74, 6) is 0. The average Bonchev–Trinajstić information content (AvgIpc) is 3.71. The number of rotatable bonds is 7. The van der Waals surface area contributed by atoms with Crippen molar-refractivity contribution in [1.82, 2.24) is 20.1 Å². The van der Waals surface area contributed by atoms with E-state index in [-0.39, 0.29) is 6.17 Å². The number of nitrogens with zero attached hydrogens (tertiary/aromatic N) is 3. The van der Waals surface area contributed by atoms with Crippen molar-refractivity contribution in [3.63, 3.8) is 0 Å². The van der Waals surface area contributed by atoms with E-state index in [4.69, 9.17) is 4.42 Å². The number of hydrazine groups is 2. The van der Waals surface area contributed by atoms with Crippen LogP contribution < -0.4 is 5.43 Å². The van der Waals surface area contributed by atoms with Gasteiger partial charge in [-0.2, -0.15) is 5.12 Å². The highest BCUT2D eigenvalue weighted by Gasteiger charge is 2.39. The first-order valence-electron chi connectivity index (χ1n) is 15.1. The summed E-state index contributed by atoms with van der Waals surface area (Å²) in [6, 6.07) is 51.8. The van der Waals surface area contributed by atoms with Gasteiger partial charge in [-0.05, 0) is 53.1 Å². The number of hydrogen-bond donors (Lipinski definition) is 1. The zero-order valence-corrected chi connectivity index (χ0v) is 24.1. The fourth-order valence-electron chi connectivity index (χ4n) is 6.62. The van der Waals surface area contributed by atoms with E-state index in [0.29, 0.717) is 0 Å². The molecule has 0 radical (unpaired) electrons. The van der Waals surface area contributed by atoms with Crippen LogP contribution in [0.1, 0.15) is 22.9 Å². The van der Waals surface area contributed by atoms with Crippen LogP contribution in [-0.4, -0.2) is 14.7 Å². The lowest BCUT2D eigenvalue weighted by atomic mass is 10.1. The molecule has 44 heavy (non-hydrogen) atoms. The zero-order chi connectivity index (χ0) is 29.0. The van der Waals surface area contributed by atoms with Crippen molar-refractivity contribution in [3.8, 4) is 5.69 Å². The van der Waals surface area contributed by atoms with Gasteiger partial charge in [-0.3, -0.25) is 0 Å². The molecule has 0 spiro atoms. The maximum absolute atomic E-state index is 6.26. The summed E-state index contributed by atoms with van der Waals surface area (Å²) in [6.07, 6.45) is 0.188. The molecular formula is C39H30N4O. The number of furan rings is 1. The van der Waals surface area contributed by atoms with Gasteiger partial charge in [0.25, 0.3) is 0 Å². The van der Waals surface area contributed by atoms with E-state index < -0.39 is 0 Å². The quantitative estimate of drug-likeness (QED) is 0.194. The molecule has 2 unspecified atom stereocenters. The van der Waals surface area contributed by atoms with Crippen LogP contribution in [0.15, 0.2) is 150 Å². The number of fused-ring (bicyclic) bond motifs is 6. The number of para-hydroxylation sites is 2. The summed E-state index contributed by atoms with van der Waals surface area (Å²) < 4.78 is 8.64. The Hall–Kier alpha value is -5.20. The van der Waals surface area contributed by atoms with Gasteiger partial charge in [0.1, 0.15) is 17.3 Å². The summed E-state index contributed by atoms with van der Waals surface area (Å²) in [4.78, 5) is 0. The van der Waals surface area contributed by atoms with E-state index >= 15 is 0 Å². The molecule has 0 saturated carbocycles. The predicted molar refractivity (Wildman–Crippen MR) is 178 cm³/mol. The maximum Gasteiger partial charge on any atom is 0.136 e. The van der Waals surface area contributed by atoms with Gasteiger partial charge in [-0.15, -0.1) is 0 Å². The standard InChI is InChI=1S/C39H30N4O/c1-3-11-27(12-4-1)25-41(43-39(40-43)29-13-5-2-6-14-29)26-28-19-21-30(22-20-28)42-35-17-9-7-15-31(35)33-24-38-34(23-36(33)42)32-16-8-10-18-37(32)44-38/h1-24,39-40H,25-26H2. The Morgan fingerprint density at radius 3 is 2.00 bits per heavy atom. The van der Waals surface area contributed by atoms with Crippen molar-refractivity contribution in [2.45, 2.75) is 19.3 Å². The van der Waals surface area contributed by atoms with Crippen molar-refractivity contribution in [2.75, 3.05) is 0 Å². The van der Waals surface area contributed by atoms with Crippen LogP contribution in [-0.2, 0) is 13.1 Å². The highest BCUT2D eigenvalue weighted by Crippen LogP contribution is 2.38. The van der Waals surface area contributed by atoms with Crippen LogP contribution in [0, 0.1) is 0 Å². The monoisotopic (exact) mass is 570 g/mol. The third kappa shape index (κ3) is 4.29. The van der Waals surface area contributed by atoms with Gasteiger partial charge < -0.3 is 8.98 Å². The molecule has 5 nitrogen and oxygen atoms in total. The van der Waals surface area contributed by atoms with E-state index in [1.807, 2.05) is 12.1 Å². The van der Waals surface area contributed by atoms with Crippen molar-refractivity contribution in [1.29, 1.82) is 0 Å². The molecule has 212 valence electrons. The SMILES string of the molecule is c1ccc(CN(Cc2ccc(-n3c4ccccc4c4cc5oc6ccccc6c5cc43)cc2)N2NC2c2ccccc2)cc1. The van der Waals surface area contributed by atoms with Crippen LogP contribution >= 0.6 is 0 Å². The average molecular weight is 571 g/mol. The summed E-state index contributed by atoms with van der Waals surface area (Å²) in [6.45, 7) is 1.61. The van der Waals surface area contributed by atoms with E-state index in [1.165, 1.54) is 38.5 Å². The highest BCUT2D eigenvalue weighted by molar-refractivity contribution is 6.17. The largest absolute Gasteiger partial charge is 0.456 e. The van der Waals surface area contributed by atoms with E-state index in [0.717, 1.165) is 40.7 Å². The number of nitrogens with one attached hydrogen (secondary N) is 1. The minimum absolute atomic E-state index is 0.188. The molecular weight excluding hydrogens is 540 g/mol. The molecule has 0 bridgehead atoms. The van der Waals surface area contributed by atoms with Crippen molar-refractivity contribution in [2.24, 2.45) is 0 Å². The molecule has 1 N–H and O–H groups in total. The smallest absolute Gasteiger partial charge is 0.136 e. The summed E-state index contributed by atoms with van der Waals surface area (Å²) in [5.41, 5.74) is 12.8. The lowest BCUT2D eigenvalue weighted by molar-refractivity contribution is 0.0406. The molecule has 2 atom stereocenters. The fourth-order valence-corrected chi connectivity index (χ4v) is 6.62. The van der Waals surface area contributed by atoms with Gasteiger partial charge >= 0.3 is 0 Å². The first-order chi connectivity index (χ1) is 21.8. The van der Waals surface area contributed by atoms with Crippen LogP contribution in [0.5, 0.6) is 0 Å². The Morgan fingerprint density at radius 2 is 1.20 bits per heavy atom. The number of benzene rings is 6. The van der Waals surface area contributed by atoms with E-state index in [1.54, 1.807) is 0 Å². The molecule has 0 amide bonds. The minimum atomic E-state index is 0.188. The summed E-state index contributed by atoms with van der Waals surface area (Å²) >= 11 is 0. The second-order valence-electron chi connectivity index (χ2n) is 11.6. The van der Waals surface area contributed by atoms with Gasteiger partial charge in [0.2, 0.25) is 0 Å². The first kappa shape index (κ1) is 25.3. The molecule has 2 aromatic heterocycles. The molecule has 5 heteroatoms. The van der Waals surface area contributed by atoms with E-state index in [9.17, 15) is 0 Å². The summed E-state index contributed by atoms with van der Waals surface area (Å²) in [7, 11) is 0. The number of hydrogen-bond acceptors (Lipinski definition) is 4. The second-order valence-corrected chi connectivity index (χ2v) is 11.6. The lowest BCUT2D eigenvalue weighted by Gasteiger charge is -2.23. The molecule has 1 aliphatic rings. The topological polar surface area (TPSA) is 46.3 Å². The molecule has 1 saturated heterocycles. The third-order valence-electron chi connectivity index (χ3n) is 8.79. The van der Waals surface area contributed by atoms with Crippen LogP contribution in [0.25, 0.3) is 49.4 Å². The Balaban J connectivity index is 1.09. The van der Waals surface area contributed by atoms with Crippen LogP contribution in [0.3, 0.4) is 0 Å². The Morgan fingerprint density at radius 1 is 0.545 bits per heavy atom. The van der Waals surface area contributed by atoms with E-state index in [2.05, 4.69) is 154 Å². The molecule has 1 aliphatic heterocycles. The van der Waals surface area contributed by atoms with Gasteiger partial charge in [0.15, 0.2) is 0 Å². The third-order valence-corrected chi connectivity index (χ3v) is 8.79. The Bertz CT molecular complexity index is 2270. The fraction of sp³-hybridized carbons (Fsp3) is 0.0769. The van der Waals surface area contributed by atoms with Gasteiger partial charge in [0, 0.05) is 40.3 Å². The van der Waals surface area contributed by atoms with Crippen LogP contribution in [0.2, 0.25) is 0 Å². The van der Waals surface area contributed by atoms with Gasteiger partial charge in [0.05, 0.1) is 11.0 Å². The van der Waals surface area contributed by atoms with Gasteiger partial charge in [-0.1, -0.05) is 109 Å². The molecule has 9 rings (SSSR count). The minimum Gasteiger partial charge on any atom is -0.456 e. The highest BCUT2D eigenvalue weighted by atomic mass is 16.3. The summed E-state index contributed by atoms with van der Waals surface area (Å²) in [5, 5.41) is 9.36. The molecule has 8 aromatic rings. The molecule has 3 heterocycles. The Kier molecular flexibility index (Phi) is 5.87. The maximum atomic E-state index is 6.26. The van der Waals surface area contributed by atoms with Gasteiger partial charge in [-0.25, -0.2) is 10.4 Å². The Labute approximate surface area is 255 Å². The normalized spacial score (nSPS) is 16.5. The predicted octanol–water partition coefficient (Wildman–Crippen LogP) is 9.12. The molecule has 0 aliphatic carbocycles. The van der Waals surface area contributed by atoms with Crippen molar-refractivity contribution < 1.29 is 4.42 Å².